The number of benzene rings is 1. The molecule has 0 saturated carbocycles. The van der Waals surface area contributed by atoms with Crippen LogP contribution in [-0.4, -0.2) is 24.4 Å². The van der Waals surface area contributed by atoms with E-state index < -0.39 is 0 Å². The molecule has 1 heterocycles. The first kappa shape index (κ1) is 13.6. The van der Waals surface area contributed by atoms with Crippen LogP contribution in [0.2, 0.25) is 0 Å². The predicted molar refractivity (Wildman–Crippen MR) is 75.2 cm³/mol. The van der Waals surface area contributed by atoms with Crippen LogP contribution in [0.4, 0.5) is 5.69 Å². The summed E-state index contributed by atoms with van der Waals surface area (Å²) in [5.74, 6) is 0.108. The summed E-state index contributed by atoms with van der Waals surface area (Å²) in [6, 6.07) is 5.79. The number of carbonyl (C=O) groups excluding carboxylic acids is 2. The molecule has 4 heteroatoms. The molecular weight excluding hydrogens is 240 g/mol. The number of carbonyl (C=O) groups is 2. The van der Waals surface area contributed by atoms with E-state index in [4.69, 9.17) is 0 Å². The molecule has 1 aromatic rings. The van der Waals surface area contributed by atoms with Crippen LogP contribution in [0.25, 0.3) is 0 Å². The Labute approximate surface area is 113 Å². The van der Waals surface area contributed by atoms with E-state index in [1.807, 2.05) is 39.0 Å². The van der Waals surface area contributed by atoms with Gasteiger partial charge in [-0.3, -0.25) is 9.59 Å². The van der Waals surface area contributed by atoms with Crippen molar-refractivity contribution in [2.45, 2.75) is 39.2 Å². The van der Waals surface area contributed by atoms with Gasteiger partial charge in [0.05, 0.1) is 12.8 Å². The van der Waals surface area contributed by atoms with Crippen molar-refractivity contribution in [3.8, 4) is 0 Å². The summed E-state index contributed by atoms with van der Waals surface area (Å²) in [6.45, 7) is 5.88. The zero-order valence-electron chi connectivity index (χ0n) is 11.9. The fraction of sp³-hybridized carbons (Fsp3) is 0.467. The summed E-state index contributed by atoms with van der Waals surface area (Å²) in [4.78, 5) is 25.1. The van der Waals surface area contributed by atoms with Crippen LogP contribution >= 0.6 is 0 Å². The molecule has 0 fully saturated rings. The van der Waals surface area contributed by atoms with Gasteiger partial charge in [-0.25, -0.2) is 0 Å². The highest BCUT2D eigenvalue weighted by Gasteiger charge is 2.24. The molecule has 0 atom stereocenters. The number of likely N-dealkylation sites (N-methyl/N-ethyl adjacent to an activating group) is 1. The number of anilines is 1. The predicted octanol–water partition coefficient (Wildman–Crippen LogP) is 1.66. The van der Waals surface area contributed by atoms with Gasteiger partial charge in [-0.15, -0.1) is 0 Å². The van der Waals surface area contributed by atoms with Crippen molar-refractivity contribution in [2.75, 3.05) is 11.9 Å². The van der Waals surface area contributed by atoms with Crippen LogP contribution in [0, 0.1) is 0 Å². The Bertz CT molecular complexity index is 529. The molecule has 0 spiro atoms. The second kappa shape index (κ2) is 4.68. The van der Waals surface area contributed by atoms with E-state index in [0.29, 0.717) is 12.8 Å². The fourth-order valence-corrected chi connectivity index (χ4v) is 2.28. The lowest BCUT2D eigenvalue weighted by molar-refractivity contribution is -0.121. The first-order valence-electron chi connectivity index (χ1n) is 6.45. The normalized spacial score (nSPS) is 14.5. The quantitative estimate of drug-likeness (QED) is 0.879. The number of amides is 2. The van der Waals surface area contributed by atoms with E-state index in [-0.39, 0.29) is 17.4 Å². The third kappa shape index (κ3) is 3.13. The van der Waals surface area contributed by atoms with E-state index in [2.05, 4.69) is 5.32 Å². The molecule has 0 radical (unpaired) electrons. The van der Waals surface area contributed by atoms with Gasteiger partial charge in [0.15, 0.2) is 0 Å². The van der Waals surface area contributed by atoms with Crippen molar-refractivity contribution in [2.24, 2.45) is 0 Å². The molecule has 0 aliphatic carbocycles. The Morgan fingerprint density at radius 3 is 2.68 bits per heavy atom. The largest absolute Gasteiger partial charge is 0.351 e. The summed E-state index contributed by atoms with van der Waals surface area (Å²) in [7, 11) is 1.78. The summed E-state index contributed by atoms with van der Waals surface area (Å²) >= 11 is 0. The molecular formula is C15H20N2O2. The van der Waals surface area contributed by atoms with Crippen molar-refractivity contribution in [3.63, 3.8) is 0 Å². The lowest BCUT2D eigenvalue weighted by atomic mass is 10.0. The molecule has 0 bridgehead atoms. The minimum absolute atomic E-state index is 0.00475. The topological polar surface area (TPSA) is 49.4 Å². The number of rotatable bonds is 2. The summed E-state index contributed by atoms with van der Waals surface area (Å²) < 4.78 is 0. The summed E-state index contributed by atoms with van der Waals surface area (Å²) in [5.41, 5.74) is 2.69. The van der Waals surface area contributed by atoms with Crippen LogP contribution < -0.4 is 10.2 Å². The number of nitrogens with one attached hydrogen (secondary N) is 1. The zero-order chi connectivity index (χ0) is 14.2. The number of hydrogen-bond donors (Lipinski definition) is 1. The van der Waals surface area contributed by atoms with Gasteiger partial charge < -0.3 is 10.2 Å². The van der Waals surface area contributed by atoms with Gasteiger partial charge in [0.25, 0.3) is 0 Å². The first-order chi connectivity index (χ1) is 8.76. The Balaban J connectivity index is 2.10. The minimum atomic E-state index is -0.218. The van der Waals surface area contributed by atoms with Gasteiger partial charge in [-0.05, 0) is 38.0 Å². The maximum atomic E-state index is 11.9. The highest BCUT2D eigenvalue weighted by molar-refractivity contribution is 6.01. The van der Waals surface area contributed by atoms with Gasteiger partial charge >= 0.3 is 0 Å². The van der Waals surface area contributed by atoms with Crippen molar-refractivity contribution in [3.05, 3.63) is 29.3 Å². The Hall–Kier alpha value is -1.84. The number of hydrogen-bond acceptors (Lipinski definition) is 2. The average Bonchev–Trinajstić information content (AvgIpc) is 2.51. The van der Waals surface area contributed by atoms with Crippen LogP contribution in [-0.2, 0) is 22.4 Å². The first-order valence-corrected chi connectivity index (χ1v) is 6.45. The lowest BCUT2D eigenvalue weighted by Gasteiger charge is -2.20. The molecule has 4 nitrogen and oxygen atoms in total. The highest BCUT2D eigenvalue weighted by atomic mass is 16.2. The van der Waals surface area contributed by atoms with E-state index >= 15 is 0 Å². The van der Waals surface area contributed by atoms with E-state index in [1.54, 1.807) is 11.9 Å². The second-order valence-electron chi connectivity index (χ2n) is 6.07. The van der Waals surface area contributed by atoms with Crippen molar-refractivity contribution in [1.82, 2.24) is 5.32 Å². The molecule has 1 N–H and O–H groups in total. The van der Waals surface area contributed by atoms with Crippen LogP contribution in [0.1, 0.15) is 31.9 Å². The Morgan fingerprint density at radius 1 is 1.37 bits per heavy atom. The molecule has 0 unspecified atom stereocenters. The third-order valence-electron chi connectivity index (χ3n) is 3.10. The molecule has 2 rings (SSSR count). The van der Waals surface area contributed by atoms with Gasteiger partial charge in [0, 0.05) is 18.3 Å². The van der Waals surface area contributed by atoms with Gasteiger partial charge in [-0.2, -0.15) is 0 Å². The summed E-state index contributed by atoms with van der Waals surface area (Å²) in [6.07, 6.45) is 0.781. The number of nitrogens with zero attached hydrogens (tertiary/aromatic N) is 1. The molecule has 1 aliphatic heterocycles. The molecule has 0 aromatic heterocycles. The minimum Gasteiger partial charge on any atom is -0.351 e. The third-order valence-corrected chi connectivity index (χ3v) is 3.10. The van der Waals surface area contributed by atoms with Crippen LogP contribution in [0.15, 0.2) is 18.2 Å². The Morgan fingerprint density at radius 2 is 2.05 bits per heavy atom. The average molecular weight is 260 g/mol. The summed E-state index contributed by atoms with van der Waals surface area (Å²) in [5, 5.41) is 2.94. The fourth-order valence-electron chi connectivity index (χ4n) is 2.28. The monoisotopic (exact) mass is 260 g/mol. The van der Waals surface area contributed by atoms with E-state index in [9.17, 15) is 9.59 Å². The maximum Gasteiger partial charge on any atom is 0.231 e. The van der Waals surface area contributed by atoms with E-state index in [1.165, 1.54) is 0 Å². The molecule has 102 valence electrons. The second-order valence-corrected chi connectivity index (χ2v) is 6.07. The van der Waals surface area contributed by atoms with Gasteiger partial charge in [0.2, 0.25) is 11.8 Å². The van der Waals surface area contributed by atoms with Crippen molar-refractivity contribution < 1.29 is 9.59 Å². The molecule has 19 heavy (non-hydrogen) atoms. The van der Waals surface area contributed by atoms with Gasteiger partial charge in [-0.1, -0.05) is 12.1 Å². The standard InChI is InChI=1S/C15H20N2O2/c1-15(2,3)16-13(18)8-10-5-6-12-11(7-10)9-14(19)17(12)4/h5-7H,8-9H2,1-4H3,(H,16,18). The molecule has 1 aromatic carbocycles. The van der Waals surface area contributed by atoms with Crippen molar-refractivity contribution in [1.29, 1.82) is 0 Å². The van der Waals surface area contributed by atoms with Gasteiger partial charge in [0.1, 0.15) is 0 Å². The Kier molecular flexibility index (Phi) is 3.35. The molecule has 1 aliphatic rings. The lowest BCUT2D eigenvalue weighted by Crippen LogP contribution is -2.41. The number of fused-ring (bicyclic) bond motifs is 1. The highest BCUT2D eigenvalue weighted by Crippen LogP contribution is 2.28. The molecule has 0 saturated heterocycles. The van der Waals surface area contributed by atoms with Crippen molar-refractivity contribution >= 4 is 17.5 Å². The maximum absolute atomic E-state index is 11.9. The van der Waals surface area contributed by atoms with Crippen LogP contribution in [0.3, 0.4) is 0 Å². The smallest absolute Gasteiger partial charge is 0.231 e. The van der Waals surface area contributed by atoms with E-state index in [0.717, 1.165) is 16.8 Å². The molecule has 2 amide bonds. The SMILES string of the molecule is CN1C(=O)Cc2cc(CC(=O)NC(C)(C)C)ccc21. The van der Waals surface area contributed by atoms with Crippen LogP contribution in [0.5, 0.6) is 0 Å². The zero-order valence-corrected chi connectivity index (χ0v) is 11.9.